The average molecular weight is 420 g/mol. The van der Waals surface area contributed by atoms with E-state index >= 15 is 0 Å². The van der Waals surface area contributed by atoms with Crippen LogP contribution in [0.5, 0.6) is 0 Å². The fourth-order valence-corrected chi connectivity index (χ4v) is 4.23. The number of pyridine rings is 1. The maximum atomic E-state index is 13.0. The molecule has 2 aromatic carbocycles. The van der Waals surface area contributed by atoms with Gasteiger partial charge in [0.2, 0.25) is 5.91 Å². The number of carbonyl (C=O) groups is 1. The van der Waals surface area contributed by atoms with Crippen molar-refractivity contribution in [2.45, 2.75) is 26.8 Å². The summed E-state index contributed by atoms with van der Waals surface area (Å²) in [5, 5.41) is 4.38. The number of nitrogens with one attached hydrogen (secondary N) is 1. The summed E-state index contributed by atoms with van der Waals surface area (Å²) in [6, 6.07) is 13.6. The van der Waals surface area contributed by atoms with Gasteiger partial charge >= 0.3 is 0 Å². The minimum atomic E-state index is -0.0889. The van der Waals surface area contributed by atoms with Crippen molar-refractivity contribution in [2.24, 2.45) is 0 Å². The molecule has 1 fully saturated rings. The topological polar surface area (TPSA) is 63.6 Å². The summed E-state index contributed by atoms with van der Waals surface area (Å²) in [5.41, 5.74) is 3.91. The first-order chi connectivity index (χ1) is 15.0. The van der Waals surface area contributed by atoms with Crippen molar-refractivity contribution in [2.75, 3.05) is 38.2 Å². The van der Waals surface area contributed by atoms with Crippen LogP contribution in [0.25, 0.3) is 10.8 Å². The van der Waals surface area contributed by atoms with Gasteiger partial charge in [0, 0.05) is 48.8 Å². The number of hydrogen-bond acceptors (Lipinski definition) is 4. The molecule has 6 nitrogen and oxygen atoms in total. The number of carbonyl (C=O) groups excluding carboxylic acids is 1. The second kappa shape index (κ2) is 9.45. The molecule has 1 N–H and O–H groups in total. The fourth-order valence-electron chi connectivity index (χ4n) is 4.23. The highest BCUT2D eigenvalue weighted by Crippen LogP contribution is 2.21. The zero-order valence-corrected chi connectivity index (χ0v) is 18.2. The number of anilines is 1. The first-order valence-electron chi connectivity index (χ1n) is 10.8. The Balaban J connectivity index is 1.50. The van der Waals surface area contributed by atoms with E-state index in [1.54, 1.807) is 4.57 Å². The fraction of sp³-hybridized carbons (Fsp3) is 0.360. The lowest BCUT2D eigenvalue weighted by atomic mass is 10.0. The molecule has 0 atom stereocenters. The normalized spacial score (nSPS) is 14.6. The molecule has 0 aliphatic carbocycles. The number of hydrogen-bond donors (Lipinski definition) is 1. The Morgan fingerprint density at radius 3 is 2.48 bits per heavy atom. The molecule has 1 aromatic heterocycles. The van der Waals surface area contributed by atoms with Gasteiger partial charge < -0.3 is 14.6 Å². The maximum absolute atomic E-state index is 13.0. The Bertz CT molecular complexity index is 1130. The quantitative estimate of drug-likeness (QED) is 0.667. The third-order valence-electron chi connectivity index (χ3n) is 5.70. The molecule has 1 amide bonds. The highest BCUT2D eigenvalue weighted by atomic mass is 16.5. The number of aryl methyl sites for hydroxylation is 2. The van der Waals surface area contributed by atoms with Gasteiger partial charge in [-0.2, -0.15) is 0 Å². The molecule has 2 heterocycles. The number of benzene rings is 2. The predicted octanol–water partition coefficient (Wildman–Crippen LogP) is 3.13. The average Bonchev–Trinajstić information content (AvgIpc) is 2.73. The predicted molar refractivity (Wildman–Crippen MR) is 124 cm³/mol. The minimum absolute atomic E-state index is 0.0313. The number of aromatic nitrogens is 1. The Kier molecular flexibility index (Phi) is 6.49. The molecule has 1 aliphatic rings. The number of fused-ring (bicyclic) bond motifs is 1. The van der Waals surface area contributed by atoms with Crippen LogP contribution in [0.3, 0.4) is 0 Å². The van der Waals surface area contributed by atoms with Crippen LogP contribution in [0.15, 0.2) is 53.5 Å². The third kappa shape index (κ3) is 5.21. The van der Waals surface area contributed by atoms with Crippen LogP contribution < -0.4 is 10.9 Å². The minimum Gasteiger partial charge on any atom is -0.379 e. The SMILES string of the molecule is Cc1cc(C)cc(CC(=O)Nc2cccc3c(=O)n(CCN4CCOCC4)ccc23)c1. The molecule has 0 radical (unpaired) electrons. The lowest BCUT2D eigenvalue weighted by Gasteiger charge is -2.26. The van der Waals surface area contributed by atoms with Crippen molar-refractivity contribution in [3.63, 3.8) is 0 Å². The van der Waals surface area contributed by atoms with Crippen molar-refractivity contribution in [1.82, 2.24) is 9.47 Å². The molecule has 0 unspecified atom stereocenters. The number of amides is 1. The molecular weight excluding hydrogens is 390 g/mol. The van der Waals surface area contributed by atoms with E-state index in [0.29, 0.717) is 24.0 Å². The summed E-state index contributed by atoms with van der Waals surface area (Å²) in [5.74, 6) is -0.0889. The number of nitrogens with zero attached hydrogens (tertiary/aromatic N) is 2. The molecule has 1 saturated heterocycles. The highest BCUT2D eigenvalue weighted by molar-refractivity contribution is 6.02. The Hall–Kier alpha value is -2.96. The van der Waals surface area contributed by atoms with E-state index in [-0.39, 0.29) is 11.5 Å². The van der Waals surface area contributed by atoms with E-state index in [0.717, 1.165) is 54.9 Å². The Labute approximate surface area is 182 Å². The molecule has 0 bridgehead atoms. The first-order valence-corrected chi connectivity index (χ1v) is 10.8. The van der Waals surface area contributed by atoms with Crippen molar-refractivity contribution in [1.29, 1.82) is 0 Å². The van der Waals surface area contributed by atoms with Crippen LogP contribution in [-0.2, 0) is 22.5 Å². The summed E-state index contributed by atoms with van der Waals surface area (Å²) in [4.78, 5) is 28.0. The number of morpholine rings is 1. The van der Waals surface area contributed by atoms with Gasteiger partial charge in [-0.3, -0.25) is 14.5 Å². The smallest absolute Gasteiger partial charge is 0.258 e. The van der Waals surface area contributed by atoms with Crippen molar-refractivity contribution in [3.05, 3.63) is 75.7 Å². The molecule has 3 aromatic rings. The maximum Gasteiger partial charge on any atom is 0.258 e. The molecule has 0 saturated carbocycles. The van der Waals surface area contributed by atoms with E-state index in [4.69, 9.17) is 4.74 Å². The second-order valence-electron chi connectivity index (χ2n) is 8.26. The van der Waals surface area contributed by atoms with Gasteiger partial charge in [0.1, 0.15) is 0 Å². The summed E-state index contributed by atoms with van der Waals surface area (Å²) in [6.07, 6.45) is 2.13. The Morgan fingerprint density at radius 1 is 1.00 bits per heavy atom. The van der Waals surface area contributed by atoms with Crippen LogP contribution in [-0.4, -0.2) is 48.2 Å². The molecular formula is C25H29N3O3. The van der Waals surface area contributed by atoms with Crippen LogP contribution in [0.2, 0.25) is 0 Å². The van der Waals surface area contributed by atoms with Gasteiger partial charge in [-0.25, -0.2) is 0 Å². The van der Waals surface area contributed by atoms with Crippen LogP contribution in [0.1, 0.15) is 16.7 Å². The second-order valence-corrected chi connectivity index (χ2v) is 8.26. The van der Waals surface area contributed by atoms with Gasteiger partial charge in [-0.1, -0.05) is 35.4 Å². The Morgan fingerprint density at radius 2 is 1.74 bits per heavy atom. The summed E-state index contributed by atoms with van der Waals surface area (Å²) in [7, 11) is 0. The zero-order valence-electron chi connectivity index (χ0n) is 18.2. The molecule has 1 aliphatic heterocycles. The van der Waals surface area contributed by atoms with Gasteiger partial charge in [0.15, 0.2) is 0 Å². The first kappa shape index (κ1) is 21.3. The number of ether oxygens (including phenoxy) is 1. The van der Waals surface area contributed by atoms with E-state index in [9.17, 15) is 9.59 Å². The number of rotatable bonds is 6. The van der Waals surface area contributed by atoms with E-state index in [1.165, 1.54) is 0 Å². The summed E-state index contributed by atoms with van der Waals surface area (Å²) in [6.45, 7) is 8.82. The van der Waals surface area contributed by atoms with E-state index in [1.807, 2.05) is 56.4 Å². The van der Waals surface area contributed by atoms with Crippen molar-refractivity contribution in [3.8, 4) is 0 Å². The van der Waals surface area contributed by atoms with Gasteiger partial charge in [0.05, 0.1) is 19.6 Å². The van der Waals surface area contributed by atoms with Crippen LogP contribution in [0.4, 0.5) is 5.69 Å². The standard InChI is InChI=1S/C25H29N3O3/c1-18-14-19(2)16-20(15-18)17-24(29)26-23-5-3-4-22-21(23)6-7-28(25(22)30)9-8-27-10-12-31-13-11-27/h3-7,14-16H,8-13,17H2,1-2H3,(H,26,29). The molecule has 6 heteroatoms. The molecule has 31 heavy (non-hydrogen) atoms. The zero-order chi connectivity index (χ0) is 21.8. The van der Waals surface area contributed by atoms with E-state index < -0.39 is 0 Å². The van der Waals surface area contributed by atoms with Crippen molar-refractivity contribution < 1.29 is 9.53 Å². The van der Waals surface area contributed by atoms with Gasteiger partial charge in [-0.15, -0.1) is 0 Å². The molecule has 4 rings (SSSR count). The monoisotopic (exact) mass is 419 g/mol. The molecule has 162 valence electrons. The largest absolute Gasteiger partial charge is 0.379 e. The van der Waals surface area contributed by atoms with Crippen LogP contribution >= 0.6 is 0 Å². The molecule has 0 spiro atoms. The third-order valence-corrected chi connectivity index (χ3v) is 5.70. The van der Waals surface area contributed by atoms with E-state index in [2.05, 4.69) is 16.3 Å². The van der Waals surface area contributed by atoms with Gasteiger partial charge in [0.25, 0.3) is 5.56 Å². The lowest BCUT2D eigenvalue weighted by molar-refractivity contribution is -0.115. The van der Waals surface area contributed by atoms with Gasteiger partial charge in [-0.05, 0) is 37.6 Å². The van der Waals surface area contributed by atoms with Crippen LogP contribution in [0, 0.1) is 13.8 Å². The summed E-state index contributed by atoms with van der Waals surface area (Å²) >= 11 is 0. The highest BCUT2D eigenvalue weighted by Gasteiger charge is 2.13. The van der Waals surface area contributed by atoms with Crippen molar-refractivity contribution >= 4 is 22.4 Å². The summed E-state index contributed by atoms with van der Waals surface area (Å²) < 4.78 is 7.13. The lowest BCUT2D eigenvalue weighted by Crippen LogP contribution is -2.39.